The Morgan fingerprint density at radius 1 is 1.41 bits per heavy atom. The Balaban J connectivity index is 2.20. The molecule has 0 saturated heterocycles. The van der Waals surface area contributed by atoms with Crippen LogP contribution in [-0.4, -0.2) is 18.1 Å². The summed E-state index contributed by atoms with van der Waals surface area (Å²) in [6.45, 7) is 2.92. The van der Waals surface area contributed by atoms with E-state index in [2.05, 4.69) is 29.9 Å². The van der Waals surface area contributed by atoms with Crippen molar-refractivity contribution in [3.63, 3.8) is 0 Å². The normalized spacial score (nSPS) is 24.6. The van der Waals surface area contributed by atoms with Gasteiger partial charge in [-0.15, -0.1) is 0 Å². The maximum atomic E-state index is 5.79. The van der Waals surface area contributed by atoms with Crippen LogP contribution >= 0.6 is 0 Å². The van der Waals surface area contributed by atoms with Crippen molar-refractivity contribution in [3.8, 4) is 0 Å². The zero-order valence-electron chi connectivity index (χ0n) is 10.9. The number of rotatable bonds is 3. The maximum Gasteiger partial charge on any atom is 0.133 e. The van der Waals surface area contributed by atoms with E-state index in [1.165, 1.54) is 25.7 Å². The number of hydrogen-bond acceptors (Lipinski definition) is 3. The lowest BCUT2D eigenvalue weighted by atomic mass is 9.85. The summed E-state index contributed by atoms with van der Waals surface area (Å²) in [4.78, 5) is 6.84. The molecule has 1 aliphatic carbocycles. The molecule has 1 saturated carbocycles. The van der Waals surface area contributed by atoms with Gasteiger partial charge in [-0.2, -0.15) is 0 Å². The van der Waals surface area contributed by atoms with Crippen molar-refractivity contribution in [1.82, 2.24) is 4.98 Å². The molecule has 1 aliphatic rings. The van der Waals surface area contributed by atoms with E-state index in [-0.39, 0.29) is 0 Å². The van der Waals surface area contributed by atoms with Crippen molar-refractivity contribution in [2.75, 3.05) is 11.9 Å². The predicted octanol–water partition coefficient (Wildman–Crippen LogP) is 2.56. The van der Waals surface area contributed by atoms with Gasteiger partial charge in [0.1, 0.15) is 5.82 Å². The van der Waals surface area contributed by atoms with E-state index in [9.17, 15) is 0 Å². The molecule has 1 fully saturated rings. The summed E-state index contributed by atoms with van der Waals surface area (Å²) in [5.41, 5.74) is 6.93. The highest BCUT2D eigenvalue weighted by atomic mass is 15.2. The molecule has 0 aromatic carbocycles. The third kappa shape index (κ3) is 2.60. The molecule has 94 valence electrons. The summed E-state index contributed by atoms with van der Waals surface area (Å²) in [5.74, 6) is 1.81. The van der Waals surface area contributed by atoms with Crippen molar-refractivity contribution in [2.45, 2.75) is 45.2 Å². The zero-order valence-corrected chi connectivity index (χ0v) is 10.9. The topological polar surface area (TPSA) is 42.2 Å². The average molecular weight is 233 g/mol. The van der Waals surface area contributed by atoms with Crippen LogP contribution in [0.4, 0.5) is 5.82 Å². The molecule has 3 nitrogen and oxygen atoms in total. The van der Waals surface area contributed by atoms with E-state index < -0.39 is 0 Å². The van der Waals surface area contributed by atoms with Gasteiger partial charge in [-0.05, 0) is 24.8 Å². The first kappa shape index (κ1) is 12.4. The highest BCUT2D eigenvalue weighted by Crippen LogP contribution is 2.30. The summed E-state index contributed by atoms with van der Waals surface area (Å²) in [6, 6.07) is 4.65. The molecule has 2 N–H and O–H groups in total. The van der Waals surface area contributed by atoms with Crippen LogP contribution in [0.5, 0.6) is 0 Å². The number of nitrogens with zero attached hydrogens (tertiary/aromatic N) is 2. The van der Waals surface area contributed by atoms with Crippen LogP contribution in [0.2, 0.25) is 0 Å². The average Bonchev–Trinajstić information content (AvgIpc) is 2.38. The van der Waals surface area contributed by atoms with Gasteiger partial charge in [-0.25, -0.2) is 4.98 Å². The van der Waals surface area contributed by atoms with Crippen LogP contribution in [0.3, 0.4) is 0 Å². The Bertz CT molecular complexity index is 364. The maximum absolute atomic E-state index is 5.79. The molecular formula is C14H23N3. The van der Waals surface area contributed by atoms with Crippen LogP contribution < -0.4 is 10.6 Å². The van der Waals surface area contributed by atoms with Crippen LogP contribution in [0.1, 0.15) is 38.2 Å². The van der Waals surface area contributed by atoms with Crippen LogP contribution in [-0.2, 0) is 6.54 Å². The summed E-state index contributed by atoms with van der Waals surface area (Å²) >= 11 is 0. The number of nitrogens with two attached hydrogens (primary N) is 1. The number of aromatic nitrogens is 1. The molecule has 0 spiro atoms. The van der Waals surface area contributed by atoms with Gasteiger partial charge in [0, 0.05) is 31.4 Å². The van der Waals surface area contributed by atoms with Gasteiger partial charge in [0.15, 0.2) is 0 Å². The number of pyridine rings is 1. The molecule has 2 rings (SSSR count). The second-order valence-corrected chi connectivity index (χ2v) is 5.13. The van der Waals surface area contributed by atoms with Gasteiger partial charge in [-0.3, -0.25) is 0 Å². The fourth-order valence-corrected chi connectivity index (χ4v) is 2.94. The summed E-state index contributed by atoms with van der Waals surface area (Å²) < 4.78 is 0. The fourth-order valence-electron chi connectivity index (χ4n) is 2.94. The van der Waals surface area contributed by atoms with E-state index >= 15 is 0 Å². The lowest BCUT2D eigenvalue weighted by Gasteiger charge is -2.37. The summed E-state index contributed by atoms with van der Waals surface area (Å²) in [7, 11) is 2.16. The van der Waals surface area contributed by atoms with Gasteiger partial charge < -0.3 is 10.6 Å². The molecule has 0 bridgehead atoms. The van der Waals surface area contributed by atoms with Crippen molar-refractivity contribution in [2.24, 2.45) is 11.7 Å². The monoisotopic (exact) mass is 233 g/mol. The molecule has 3 heteroatoms. The fraction of sp³-hybridized carbons (Fsp3) is 0.643. The molecule has 2 atom stereocenters. The molecule has 1 aromatic heterocycles. The van der Waals surface area contributed by atoms with E-state index in [0.717, 1.165) is 17.3 Å². The first-order valence-corrected chi connectivity index (χ1v) is 6.61. The van der Waals surface area contributed by atoms with Gasteiger partial charge in [0.2, 0.25) is 0 Å². The number of anilines is 1. The Morgan fingerprint density at radius 3 is 2.88 bits per heavy atom. The molecular weight excluding hydrogens is 210 g/mol. The molecule has 17 heavy (non-hydrogen) atoms. The quantitative estimate of drug-likeness (QED) is 0.872. The number of hydrogen-bond donors (Lipinski definition) is 1. The molecule has 0 amide bonds. The van der Waals surface area contributed by atoms with Gasteiger partial charge in [-0.1, -0.05) is 25.8 Å². The summed E-state index contributed by atoms with van der Waals surface area (Å²) in [6.07, 6.45) is 7.18. The van der Waals surface area contributed by atoms with E-state index in [1.807, 2.05) is 12.3 Å². The smallest absolute Gasteiger partial charge is 0.133 e. The van der Waals surface area contributed by atoms with Crippen LogP contribution in [0.15, 0.2) is 18.3 Å². The van der Waals surface area contributed by atoms with E-state index in [0.29, 0.717) is 12.6 Å². The predicted molar refractivity (Wildman–Crippen MR) is 72.0 cm³/mol. The molecule has 2 unspecified atom stereocenters. The minimum absolute atomic E-state index is 0.564. The van der Waals surface area contributed by atoms with Gasteiger partial charge in [0.05, 0.1) is 0 Å². The lowest BCUT2D eigenvalue weighted by molar-refractivity contribution is 0.320. The van der Waals surface area contributed by atoms with Crippen molar-refractivity contribution < 1.29 is 0 Å². The highest BCUT2D eigenvalue weighted by molar-refractivity contribution is 5.47. The SMILES string of the molecule is CC1CCCCC1N(C)c1ncccc1CN. The van der Waals surface area contributed by atoms with Crippen molar-refractivity contribution >= 4 is 5.82 Å². The third-order valence-corrected chi connectivity index (χ3v) is 3.99. The summed E-state index contributed by atoms with van der Waals surface area (Å²) in [5, 5.41) is 0. The van der Waals surface area contributed by atoms with Gasteiger partial charge in [0.25, 0.3) is 0 Å². The molecule has 1 heterocycles. The molecule has 0 aliphatic heterocycles. The minimum atomic E-state index is 0.564. The molecule has 1 aromatic rings. The standard InChI is InChI=1S/C14H23N3/c1-11-6-3-4-8-13(11)17(2)14-12(10-15)7-5-9-16-14/h5,7,9,11,13H,3-4,6,8,10,15H2,1-2H3. The van der Waals surface area contributed by atoms with Crippen LogP contribution in [0, 0.1) is 5.92 Å². The minimum Gasteiger partial charge on any atom is -0.356 e. The first-order valence-electron chi connectivity index (χ1n) is 6.61. The van der Waals surface area contributed by atoms with Gasteiger partial charge >= 0.3 is 0 Å². The second-order valence-electron chi connectivity index (χ2n) is 5.13. The van der Waals surface area contributed by atoms with Crippen molar-refractivity contribution in [3.05, 3.63) is 23.9 Å². The second kappa shape index (κ2) is 5.50. The largest absolute Gasteiger partial charge is 0.356 e. The Kier molecular flexibility index (Phi) is 4.00. The molecule has 0 radical (unpaired) electrons. The lowest BCUT2D eigenvalue weighted by Crippen LogP contribution is -2.40. The van der Waals surface area contributed by atoms with Crippen LogP contribution in [0.25, 0.3) is 0 Å². The third-order valence-electron chi connectivity index (χ3n) is 3.99. The van der Waals surface area contributed by atoms with E-state index in [4.69, 9.17) is 5.73 Å². The first-order chi connectivity index (χ1) is 8.24. The zero-order chi connectivity index (χ0) is 12.3. The Morgan fingerprint density at radius 2 is 2.18 bits per heavy atom. The highest BCUT2D eigenvalue weighted by Gasteiger charge is 2.26. The van der Waals surface area contributed by atoms with E-state index in [1.54, 1.807) is 0 Å². The Hall–Kier alpha value is -1.09. The Labute approximate surface area is 104 Å². The van der Waals surface area contributed by atoms with Crippen molar-refractivity contribution in [1.29, 1.82) is 0 Å².